The van der Waals surface area contributed by atoms with Crippen LogP contribution in [0.5, 0.6) is 0 Å². The zero-order valence-electron chi connectivity index (χ0n) is 14.4. The number of aliphatic hydroxyl groups is 1. The average molecular weight is 305 g/mol. The molecule has 4 heteroatoms. The van der Waals surface area contributed by atoms with Gasteiger partial charge in [-0.3, -0.25) is 0 Å². The topological polar surface area (TPSA) is 47.9 Å². The van der Waals surface area contributed by atoms with E-state index in [0.29, 0.717) is 18.4 Å². The molecule has 1 aromatic rings. The van der Waals surface area contributed by atoms with Gasteiger partial charge in [0.25, 0.3) is 0 Å². The normalized spacial score (nSPS) is 13.3. The number of hydrogen-bond donors (Lipinski definition) is 2. The van der Waals surface area contributed by atoms with Crippen molar-refractivity contribution < 1.29 is 5.11 Å². The Balaban J connectivity index is 2.59. The molecule has 0 aliphatic rings. The molecule has 0 saturated heterocycles. The van der Waals surface area contributed by atoms with Gasteiger partial charge in [-0.15, -0.1) is 0 Å². The fraction of sp³-hybridized carbons (Fsp3) is 0.611. The minimum absolute atomic E-state index is 0.248. The van der Waals surface area contributed by atoms with Crippen molar-refractivity contribution in [1.29, 1.82) is 0 Å². The van der Waals surface area contributed by atoms with Crippen molar-refractivity contribution >= 4 is 5.96 Å². The lowest BCUT2D eigenvalue weighted by molar-refractivity contribution is 0.242. The lowest BCUT2D eigenvalue weighted by Crippen LogP contribution is -2.39. The van der Waals surface area contributed by atoms with Crippen LogP contribution in [0.1, 0.15) is 32.3 Å². The molecule has 0 radical (unpaired) electrons. The second-order valence-electron chi connectivity index (χ2n) is 6.41. The zero-order chi connectivity index (χ0) is 16.4. The Hall–Kier alpha value is -1.55. The molecule has 1 rings (SSSR count). The lowest BCUT2D eigenvalue weighted by Gasteiger charge is -2.23. The molecule has 1 unspecified atom stereocenters. The first kappa shape index (κ1) is 18.5. The van der Waals surface area contributed by atoms with Gasteiger partial charge in [0.1, 0.15) is 0 Å². The number of benzene rings is 1. The minimum Gasteiger partial charge on any atom is -0.396 e. The van der Waals surface area contributed by atoms with Crippen LogP contribution < -0.4 is 5.32 Å². The van der Waals surface area contributed by atoms with Gasteiger partial charge in [-0.1, -0.05) is 44.2 Å². The molecular weight excluding hydrogens is 274 g/mol. The SMILES string of the molecule is CC(C)CC(CCO)CNC(=NCc1ccccc1)N(C)C. The predicted octanol–water partition coefficient (Wildman–Crippen LogP) is 2.74. The van der Waals surface area contributed by atoms with Crippen molar-refractivity contribution in [3.05, 3.63) is 35.9 Å². The highest BCUT2D eigenvalue weighted by atomic mass is 16.3. The van der Waals surface area contributed by atoms with Crippen LogP contribution in [0, 0.1) is 11.8 Å². The van der Waals surface area contributed by atoms with Gasteiger partial charge in [0.05, 0.1) is 6.54 Å². The van der Waals surface area contributed by atoms with Crippen LogP contribution in [-0.2, 0) is 6.54 Å². The summed E-state index contributed by atoms with van der Waals surface area (Å²) in [5, 5.41) is 12.7. The molecule has 0 amide bonds. The minimum atomic E-state index is 0.248. The number of guanidine groups is 1. The quantitative estimate of drug-likeness (QED) is 0.573. The summed E-state index contributed by atoms with van der Waals surface area (Å²) in [5.74, 6) is 2.02. The van der Waals surface area contributed by atoms with Crippen LogP contribution in [0.4, 0.5) is 0 Å². The van der Waals surface area contributed by atoms with E-state index < -0.39 is 0 Å². The largest absolute Gasteiger partial charge is 0.396 e. The maximum atomic E-state index is 9.21. The molecule has 0 aromatic heterocycles. The first-order valence-electron chi connectivity index (χ1n) is 8.13. The van der Waals surface area contributed by atoms with Gasteiger partial charge in [-0.25, -0.2) is 4.99 Å². The van der Waals surface area contributed by atoms with Crippen LogP contribution in [0.15, 0.2) is 35.3 Å². The molecule has 0 aliphatic carbocycles. The maximum absolute atomic E-state index is 9.21. The van der Waals surface area contributed by atoms with Crippen LogP contribution >= 0.6 is 0 Å². The van der Waals surface area contributed by atoms with E-state index in [1.807, 2.05) is 37.2 Å². The van der Waals surface area contributed by atoms with Gasteiger partial charge < -0.3 is 15.3 Å². The standard InChI is InChI=1S/C18H31N3O/c1-15(2)12-17(10-11-22)14-20-18(21(3)4)19-13-16-8-6-5-7-9-16/h5-9,15,17,22H,10-14H2,1-4H3,(H,19,20). The van der Waals surface area contributed by atoms with Crippen molar-refractivity contribution in [2.75, 3.05) is 27.2 Å². The Morgan fingerprint density at radius 2 is 1.91 bits per heavy atom. The second-order valence-corrected chi connectivity index (χ2v) is 6.41. The van der Waals surface area contributed by atoms with Crippen molar-refractivity contribution in [3.63, 3.8) is 0 Å². The Kier molecular flexibility index (Phi) is 8.60. The van der Waals surface area contributed by atoms with E-state index in [2.05, 4.69) is 36.3 Å². The number of rotatable bonds is 8. The first-order chi connectivity index (χ1) is 10.5. The predicted molar refractivity (Wildman–Crippen MR) is 93.9 cm³/mol. The Labute approximate surface area is 135 Å². The number of aliphatic imine (C=N–C) groups is 1. The summed E-state index contributed by atoms with van der Waals surface area (Å²) in [5.41, 5.74) is 1.21. The Morgan fingerprint density at radius 3 is 2.45 bits per heavy atom. The molecule has 0 spiro atoms. The molecule has 0 fully saturated rings. The summed E-state index contributed by atoms with van der Waals surface area (Å²) >= 11 is 0. The fourth-order valence-corrected chi connectivity index (χ4v) is 2.49. The van der Waals surface area contributed by atoms with E-state index >= 15 is 0 Å². The monoisotopic (exact) mass is 305 g/mol. The van der Waals surface area contributed by atoms with Gasteiger partial charge in [0.15, 0.2) is 5.96 Å². The van der Waals surface area contributed by atoms with Crippen molar-refractivity contribution in [1.82, 2.24) is 10.2 Å². The van der Waals surface area contributed by atoms with Crippen LogP contribution in [0.3, 0.4) is 0 Å². The summed E-state index contributed by atoms with van der Waals surface area (Å²) in [6.07, 6.45) is 1.96. The molecule has 124 valence electrons. The lowest BCUT2D eigenvalue weighted by atomic mass is 9.94. The van der Waals surface area contributed by atoms with Crippen LogP contribution in [0.25, 0.3) is 0 Å². The first-order valence-corrected chi connectivity index (χ1v) is 8.13. The number of nitrogens with zero attached hydrogens (tertiary/aromatic N) is 2. The summed E-state index contributed by atoms with van der Waals surface area (Å²) in [4.78, 5) is 6.68. The number of aliphatic hydroxyl groups excluding tert-OH is 1. The van der Waals surface area contributed by atoms with Gasteiger partial charge in [0.2, 0.25) is 0 Å². The number of nitrogens with one attached hydrogen (secondary N) is 1. The number of hydrogen-bond acceptors (Lipinski definition) is 2. The van der Waals surface area contributed by atoms with Crippen molar-refractivity contribution in [2.45, 2.75) is 33.2 Å². The molecule has 4 nitrogen and oxygen atoms in total. The molecule has 0 saturated carbocycles. The molecule has 0 aliphatic heterocycles. The van der Waals surface area contributed by atoms with E-state index in [1.54, 1.807) is 0 Å². The summed E-state index contributed by atoms with van der Waals surface area (Å²) in [6, 6.07) is 10.3. The molecule has 22 heavy (non-hydrogen) atoms. The van der Waals surface area contributed by atoms with Crippen molar-refractivity contribution in [2.24, 2.45) is 16.8 Å². The molecule has 0 bridgehead atoms. The smallest absolute Gasteiger partial charge is 0.193 e. The second kappa shape index (κ2) is 10.2. The summed E-state index contributed by atoms with van der Waals surface area (Å²) in [7, 11) is 4.00. The fourth-order valence-electron chi connectivity index (χ4n) is 2.49. The third kappa shape index (κ3) is 7.46. The van der Waals surface area contributed by atoms with E-state index in [0.717, 1.165) is 25.3 Å². The highest BCUT2D eigenvalue weighted by molar-refractivity contribution is 5.79. The average Bonchev–Trinajstić information content (AvgIpc) is 2.47. The van der Waals surface area contributed by atoms with E-state index in [9.17, 15) is 5.11 Å². The van der Waals surface area contributed by atoms with E-state index in [1.165, 1.54) is 5.56 Å². The van der Waals surface area contributed by atoms with Gasteiger partial charge in [-0.2, -0.15) is 0 Å². The Morgan fingerprint density at radius 1 is 1.23 bits per heavy atom. The van der Waals surface area contributed by atoms with Crippen LogP contribution in [0.2, 0.25) is 0 Å². The maximum Gasteiger partial charge on any atom is 0.193 e. The zero-order valence-corrected chi connectivity index (χ0v) is 14.4. The van der Waals surface area contributed by atoms with Gasteiger partial charge in [-0.05, 0) is 30.2 Å². The van der Waals surface area contributed by atoms with E-state index in [-0.39, 0.29) is 6.61 Å². The van der Waals surface area contributed by atoms with Crippen LogP contribution in [-0.4, -0.2) is 43.2 Å². The molecule has 2 N–H and O–H groups in total. The van der Waals surface area contributed by atoms with Gasteiger partial charge >= 0.3 is 0 Å². The Bertz CT molecular complexity index is 429. The highest BCUT2D eigenvalue weighted by Gasteiger charge is 2.12. The van der Waals surface area contributed by atoms with Crippen molar-refractivity contribution in [3.8, 4) is 0 Å². The summed E-state index contributed by atoms with van der Waals surface area (Å²) in [6.45, 7) is 6.22. The molecule has 0 heterocycles. The molecule has 1 aromatic carbocycles. The third-order valence-electron chi connectivity index (χ3n) is 3.57. The molecule has 1 atom stereocenters. The third-order valence-corrected chi connectivity index (χ3v) is 3.57. The molecular formula is C18H31N3O. The van der Waals surface area contributed by atoms with Gasteiger partial charge in [0, 0.05) is 27.2 Å². The highest BCUT2D eigenvalue weighted by Crippen LogP contribution is 2.14. The summed E-state index contributed by atoms with van der Waals surface area (Å²) < 4.78 is 0. The van der Waals surface area contributed by atoms with E-state index in [4.69, 9.17) is 0 Å².